The van der Waals surface area contributed by atoms with Gasteiger partial charge < -0.3 is 25.0 Å². The fraction of sp³-hybridized carbons (Fsp3) is 0.947. The topological polar surface area (TPSA) is 79.9 Å². The Morgan fingerprint density at radius 2 is 1.67 bits per heavy atom. The van der Waals surface area contributed by atoms with E-state index in [0.29, 0.717) is 47.2 Å². The van der Waals surface area contributed by atoms with E-state index < -0.39 is 0 Å². The van der Waals surface area contributed by atoms with Gasteiger partial charge in [0.2, 0.25) is 11.8 Å². The van der Waals surface area contributed by atoms with Crippen LogP contribution < -0.4 is 10.6 Å². The quantitative estimate of drug-likeness (QED) is 0.257. The van der Waals surface area contributed by atoms with Gasteiger partial charge in [0.1, 0.15) is 6.42 Å². The van der Waals surface area contributed by atoms with Crippen LogP contribution in [0, 0.1) is 52.3 Å². The second-order valence-electron chi connectivity index (χ2n) is 17.5. The average molecular weight is 626 g/mol. The van der Waals surface area contributed by atoms with E-state index in [1.165, 1.54) is 77.3 Å². The van der Waals surface area contributed by atoms with E-state index in [2.05, 4.69) is 43.2 Å². The normalized spacial score (nSPS) is 47.8. The van der Waals surface area contributed by atoms with Crippen molar-refractivity contribution in [1.82, 2.24) is 15.5 Å². The lowest BCUT2D eigenvalue weighted by Gasteiger charge is -2.61. The zero-order valence-electron chi connectivity index (χ0n) is 28.9. The number of ether oxygens (including phenoxy) is 2. The fourth-order valence-corrected chi connectivity index (χ4v) is 12.6. The summed E-state index contributed by atoms with van der Waals surface area (Å²) in [6, 6.07) is 0.211. The molecule has 12 atom stereocenters. The smallest absolute Gasteiger partial charge is 0.229 e. The van der Waals surface area contributed by atoms with Crippen LogP contribution in [0.3, 0.4) is 0 Å². The van der Waals surface area contributed by atoms with Gasteiger partial charge in [0.05, 0.1) is 12.7 Å². The molecule has 3 saturated heterocycles. The average Bonchev–Trinajstić information content (AvgIpc) is 3.47. The molecule has 4 aliphatic carbocycles. The zero-order chi connectivity index (χ0) is 31.4. The van der Waals surface area contributed by atoms with Gasteiger partial charge in [-0.2, -0.15) is 0 Å². The number of rotatable bonds is 7. The number of carbonyl (C=O) groups is 2. The predicted octanol–water partition coefficient (Wildman–Crippen LogP) is 6.30. The number of hydrogen-bond donors (Lipinski definition) is 2. The molecule has 4 saturated carbocycles. The van der Waals surface area contributed by atoms with Crippen LogP contribution in [0.5, 0.6) is 0 Å². The summed E-state index contributed by atoms with van der Waals surface area (Å²) in [5.41, 5.74) is 0.731. The molecule has 1 spiro atoms. The Balaban J connectivity index is 0.898. The van der Waals surface area contributed by atoms with Crippen molar-refractivity contribution in [2.75, 3.05) is 32.8 Å². The molecule has 254 valence electrons. The number of fused-ring (bicyclic) bond motifs is 7. The van der Waals surface area contributed by atoms with Gasteiger partial charge in [-0.05, 0) is 143 Å². The van der Waals surface area contributed by atoms with Crippen molar-refractivity contribution >= 4 is 11.8 Å². The molecule has 7 heteroatoms. The summed E-state index contributed by atoms with van der Waals surface area (Å²) in [5.74, 6) is 4.23. The number of piperidine rings is 1. The Kier molecular flexibility index (Phi) is 9.13. The van der Waals surface area contributed by atoms with Crippen molar-refractivity contribution in [3.63, 3.8) is 0 Å². The first-order valence-electron chi connectivity index (χ1n) is 19.2. The number of nitrogens with zero attached hydrogens (tertiary/aromatic N) is 1. The van der Waals surface area contributed by atoms with E-state index in [-0.39, 0.29) is 30.1 Å². The minimum atomic E-state index is -0.327. The molecule has 45 heavy (non-hydrogen) atoms. The van der Waals surface area contributed by atoms with Gasteiger partial charge in [0.15, 0.2) is 5.79 Å². The van der Waals surface area contributed by atoms with E-state index in [0.717, 1.165) is 56.6 Å². The highest BCUT2D eigenvalue weighted by Gasteiger charge is 2.69. The summed E-state index contributed by atoms with van der Waals surface area (Å²) in [7, 11) is 0. The van der Waals surface area contributed by atoms with Gasteiger partial charge in [-0.15, -0.1) is 0 Å². The van der Waals surface area contributed by atoms with Gasteiger partial charge in [-0.1, -0.05) is 34.1 Å². The molecule has 7 fully saturated rings. The van der Waals surface area contributed by atoms with E-state index in [9.17, 15) is 9.59 Å². The molecular formula is C38H63N3O4. The number of amides is 2. The molecule has 0 radical (unpaired) electrons. The van der Waals surface area contributed by atoms with E-state index >= 15 is 0 Å². The maximum absolute atomic E-state index is 12.9. The van der Waals surface area contributed by atoms with Crippen LogP contribution >= 0.6 is 0 Å². The lowest BCUT2D eigenvalue weighted by atomic mass is 9.44. The highest BCUT2D eigenvalue weighted by atomic mass is 16.7. The molecule has 0 bridgehead atoms. The standard InChI is InChI=1S/C38H63N3O4/c1-25-11-16-38(44-24-25)26(2)35-32(45-38)22-31-29-10-9-27-21-28(12-14-36(27,3)30(29)13-15-37(31,35)4)40-34(43)23-33(42)39-17-8-20-41-18-6-5-7-19-41/h25-32,35H,5-24H2,1-4H3,(H,39,42)(H,40,43)/t25-,26-,27+,28?,29+,30-,31-,32-,35-,36-,37-,38+/m0/s1. The van der Waals surface area contributed by atoms with Gasteiger partial charge in [0, 0.05) is 24.9 Å². The third-order valence-electron chi connectivity index (χ3n) is 15.0. The molecular weight excluding hydrogens is 562 g/mol. The SMILES string of the molecule is C[C@H]1CC[C@@]2(OC1)O[C@H]1C[C@H]3[C@@H]4CC[C@@H]5CC(NC(=O)CC(=O)NCCCN6CCCCC6)CC[C@]5(C)[C@H]4CC[C@]3(C)[C@H]1[C@@H]2C. The first-order chi connectivity index (χ1) is 21.6. The number of likely N-dealkylation sites (tertiary alicyclic amines) is 1. The maximum atomic E-state index is 12.9. The zero-order valence-corrected chi connectivity index (χ0v) is 28.9. The van der Waals surface area contributed by atoms with Crippen molar-refractivity contribution in [1.29, 1.82) is 0 Å². The fourth-order valence-electron chi connectivity index (χ4n) is 12.6. The van der Waals surface area contributed by atoms with Crippen LogP contribution in [0.1, 0.15) is 124 Å². The third kappa shape index (κ3) is 5.92. The highest BCUT2D eigenvalue weighted by molar-refractivity contribution is 5.96. The lowest BCUT2D eigenvalue weighted by Crippen LogP contribution is -2.56. The van der Waals surface area contributed by atoms with Gasteiger partial charge in [-0.25, -0.2) is 0 Å². The molecule has 2 amide bonds. The van der Waals surface area contributed by atoms with Crippen LogP contribution in [-0.4, -0.2) is 67.4 Å². The molecule has 3 aliphatic heterocycles. The Labute approximate surface area is 273 Å². The second kappa shape index (κ2) is 12.7. The van der Waals surface area contributed by atoms with Crippen LogP contribution in [0.2, 0.25) is 0 Å². The lowest BCUT2D eigenvalue weighted by molar-refractivity contribution is -0.273. The summed E-state index contributed by atoms with van der Waals surface area (Å²) in [4.78, 5) is 27.9. The van der Waals surface area contributed by atoms with Crippen LogP contribution in [-0.2, 0) is 19.1 Å². The largest absolute Gasteiger partial charge is 0.356 e. The Bertz CT molecular complexity index is 1080. The monoisotopic (exact) mass is 625 g/mol. The number of carbonyl (C=O) groups excluding carboxylic acids is 2. The first-order valence-corrected chi connectivity index (χ1v) is 19.2. The Morgan fingerprint density at radius 3 is 2.44 bits per heavy atom. The minimum Gasteiger partial charge on any atom is -0.356 e. The number of hydrogen-bond acceptors (Lipinski definition) is 5. The molecule has 7 aliphatic rings. The van der Waals surface area contributed by atoms with Crippen molar-refractivity contribution in [3.05, 3.63) is 0 Å². The summed E-state index contributed by atoms with van der Waals surface area (Å²) < 4.78 is 13.5. The maximum Gasteiger partial charge on any atom is 0.229 e. The van der Waals surface area contributed by atoms with Crippen LogP contribution in [0.15, 0.2) is 0 Å². The van der Waals surface area contributed by atoms with Gasteiger partial charge >= 0.3 is 0 Å². The summed E-state index contributed by atoms with van der Waals surface area (Å²) >= 11 is 0. The molecule has 0 aromatic rings. The molecule has 7 nitrogen and oxygen atoms in total. The van der Waals surface area contributed by atoms with Crippen LogP contribution in [0.25, 0.3) is 0 Å². The third-order valence-corrected chi connectivity index (χ3v) is 15.0. The first kappa shape index (κ1) is 32.4. The van der Waals surface area contributed by atoms with Crippen molar-refractivity contribution in [2.45, 2.75) is 142 Å². The minimum absolute atomic E-state index is 0.0404. The van der Waals surface area contributed by atoms with Crippen molar-refractivity contribution < 1.29 is 19.1 Å². The Morgan fingerprint density at radius 1 is 0.867 bits per heavy atom. The van der Waals surface area contributed by atoms with E-state index in [4.69, 9.17) is 9.47 Å². The number of nitrogens with one attached hydrogen (secondary N) is 2. The van der Waals surface area contributed by atoms with Crippen molar-refractivity contribution in [2.24, 2.45) is 52.3 Å². The summed E-state index contributed by atoms with van der Waals surface area (Å²) in [6.07, 6.45) is 17.3. The highest BCUT2D eigenvalue weighted by Crippen LogP contribution is 2.71. The molecule has 1 unspecified atom stereocenters. The molecule has 0 aromatic heterocycles. The van der Waals surface area contributed by atoms with E-state index in [1.807, 2.05) is 0 Å². The van der Waals surface area contributed by atoms with Crippen LogP contribution in [0.4, 0.5) is 0 Å². The second-order valence-corrected chi connectivity index (χ2v) is 17.5. The molecule has 2 N–H and O–H groups in total. The predicted molar refractivity (Wildman–Crippen MR) is 176 cm³/mol. The molecule has 3 heterocycles. The van der Waals surface area contributed by atoms with Gasteiger partial charge in [-0.3, -0.25) is 9.59 Å². The van der Waals surface area contributed by atoms with Gasteiger partial charge in [0.25, 0.3) is 0 Å². The summed E-state index contributed by atoms with van der Waals surface area (Å²) in [5, 5.41) is 6.27. The Hall–Kier alpha value is -1.18. The summed E-state index contributed by atoms with van der Waals surface area (Å²) in [6.45, 7) is 14.9. The molecule has 7 rings (SSSR count). The van der Waals surface area contributed by atoms with E-state index in [1.54, 1.807) is 0 Å². The van der Waals surface area contributed by atoms with Crippen molar-refractivity contribution in [3.8, 4) is 0 Å². The molecule has 0 aromatic carbocycles.